The van der Waals surface area contributed by atoms with Crippen LogP contribution in [0.4, 0.5) is 0 Å². The predicted molar refractivity (Wildman–Crippen MR) is 111 cm³/mol. The Morgan fingerprint density at radius 1 is 1.29 bits per heavy atom. The fourth-order valence-electron chi connectivity index (χ4n) is 3.04. The van der Waals surface area contributed by atoms with Gasteiger partial charge in [0, 0.05) is 18.9 Å². The summed E-state index contributed by atoms with van der Waals surface area (Å²) in [6.07, 6.45) is 5.58. The van der Waals surface area contributed by atoms with Gasteiger partial charge in [-0.15, -0.1) is 0 Å². The molecule has 1 aliphatic heterocycles. The molecular weight excluding hydrogens is 402 g/mol. The Hall–Kier alpha value is -3.53. The van der Waals surface area contributed by atoms with Gasteiger partial charge in [0.1, 0.15) is 12.9 Å². The Kier molecular flexibility index (Phi) is 6.68. The summed E-state index contributed by atoms with van der Waals surface area (Å²) in [7, 11) is 0. The monoisotopic (exact) mass is 425 g/mol. The lowest BCUT2D eigenvalue weighted by Gasteiger charge is -2.19. The van der Waals surface area contributed by atoms with E-state index in [9.17, 15) is 4.79 Å². The van der Waals surface area contributed by atoms with Crippen LogP contribution in [0.2, 0.25) is 0 Å². The van der Waals surface area contributed by atoms with E-state index in [1.54, 1.807) is 6.92 Å². The summed E-state index contributed by atoms with van der Waals surface area (Å²) in [5, 5.41) is 7.73. The molecule has 10 heteroatoms. The van der Waals surface area contributed by atoms with E-state index in [2.05, 4.69) is 20.3 Å². The molecule has 1 saturated heterocycles. The fourth-order valence-corrected chi connectivity index (χ4v) is 3.04. The van der Waals surface area contributed by atoms with E-state index in [0.29, 0.717) is 24.9 Å². The molecule has 0 radical (unpaired) electrons. The first kappa shape index (κ1) is 20.7. The van der Waals surface area contributed by atoms with Gasteiger partial charge in [0.05, 0.1) is 25.4 Å². The van der Waals surface area contributed by atoms with Gasteiger partial charge in [-0.2, -0.15) is 4.98 Å². The second-order valence-electron chi connectivity index (χ2n) is 7.03. The van der Waals surface area contributed by atoms with Crippen LogP contribution in [0.25, 0.3) is 11.4 Å². The Labute approximate surface area is 178 Å². The van der Waals surface area contributed by atoms with Crippen LogP contribution < -0.4 is 10.3 Å². The molecule has 31 heavy (non-hydrogen) atoms. The van der Waals surface area contributed by atoms with Gasteiger partial charge in [-0.05, 0) is 18.4 Å². The predicted octanol–water partition coefficient (Wildman–Crippen LogP) is 2.56. The number of aryl methyl sites for hydroxylation is 1. The smallest absolute Gasteiger partial charge is 0.257 e. The average molecular weight is 425 g/mol. The number of oxime groups is 1. The Bertz CT molecular complexity index is 1070. The number of hydrogen-bond acceptors (Lipinski definition) is 9. The van der Waals surface area contributed by atoms with Crippen molar-refractivity contribution in [1.29, 1.82) is 0 Å². The van der Waals surface area contributed by atoms with Gasteiger partial charge >= 0.3 is 0 Å². The van der Waals surface area contributed by atoms with Crippen LogP contribution in [0.15, 0.2) is 51.1 Å². The Balaban J connectivity index is 1.28. The molecule has 3 heterocycles. The summed E-state index contributed by atoms with van der Waals surface area (Å²) in [6.45, 7) is 2.96. The molecule has 1 atom stereocenters. The summed E-state index contributed by atoms with van der Waals surface area (Å²) in [5.74, 6) is 1.27. The summed E-state index contributed by atoms with van der Waals surface area (Å²) >= 11 is 0. The summed E-state index contributed by atoms with van der Waals surface area (Å²) in [6, 6.07) is 8.93. The van der Waals surface area contributed by atoms with Gasteiger partial charge in [-0.1, -0.05) is 34.6 Å². The van der Waals surface area contributed by atoms with Crippen LogP contribution in [-0.4, -0.2) is 45.4 Å². The summed E-state index contributed by atoms with van der Waals surface area (Å²) in [5.41, 5.74) is 1.57. The zero-order chi connectivity index (χ0) is 21.5. The molecule has 0 spiro atoms. The zero-order valence-corrected chi connectivity index (χ0v) is 17.1. The highest BCUT2D eigenvalue weighted by molar-refractivity contribution is 5.58. The molecule has 2 aromatic heterocycles. The first-order valence-corrected chi connectivity index (χ1v) is 10.1. The minimum absolute atomic E-state index is 0.139. The van der Waals surface area contributed by atoms with Crippen LogP contribution >= 0.6 is 0 Å². The lowest BCUT2D eigenvalue weighted by atomic mass is 10.1. The highest BCUT2D eigenvalue weighted by Crippen LogP contribution is 2.17. The number of benzene rings is 1. The fraction of sp³-hybridized carbons (Fsp3) is 0.381. The average Bonchev–Trinajstić information content (AvgIpc) is 3.23. The minimum Gasteiger partial charge on any atom is -0.471 e. The van der Waals surface area contributed by atoms with Gasteiger partial charge in [0.15, 0.2) is 0 Å². The third-order valence-corrected chi connectivity index (χ3v) is 4.64. The third kappa shape index (κ3) is 5.76. The Morgan fingerprint density at radius 3 is 2.87 bits per heavy atom. The maximum Gasteiger partial charge on any atom is 0.257 e. The summed E-state index contributed by atoms with van der Waals surface area (Å²) in [4.78, 5) is 26.0. The van der Waals surface area contributed by atoms with Crippen molar-refractivity contribution >= 4 is 6.21 Å². The van der Waals surface area contributed by atoms with E-state index in [1.165, 1.54) is 23.2 Å². The van der Waals surface area contributed by atoms with E-state index >= 15 is 0 Å². The normalized spacial score (nSPS) is 16.5. The molecule has 0 saturated carbocycles. The van der Waals surface area contributed by atoms with Crippen molar-refractivity contribution in [2.45, 2.75) is 39.0 Å². The van der Waals surface area contributed by atoms with Crippen molar-refractivity contribution in [2.24, 2.45) is 5.16 Å². The first-order valence-electron chi connectivity index (χ1n) is 10.1. The van der Waals surface area contributed by atoms with E-state index < -0.39 is 0 Å². The van der Waals surface area contributed by atoms with Crippen LogP contribution in [-0.2, 0) is 16.1 Å². The van der Waals surface area contributed by atoms with Gasteiger partial charge in [0.25, 0.3) is 5.56 Å². The largest absolute Gasteiger partial charge is 0.471 e. The van der Waals surface area contributed by atoms with Crippen molar-refractivity contribution in [2.75, 3.05) is 13.2 Å². The number of rotatable bonds is 8. The molecule has 1 aromatic carbocycles. The second-order valence-corrected chi connectivity index (χ2v) is 7.03. The van der Waals surface area contributed by atoms with Crippen molar-refractivity contribution in [3.05, 3.63) is 58.5 Å². The first-order chi connectivity index (χ1) is 15.2. The molecule has 0 N–H and O–H groups in total. The van der Waals surface area contributed by atoms with Crippen LogP contribution in [0.5, 0.6) is 5.88 Å². The number of nitrogens with zero attached hydrogens (tertiary/aromatic N) is 5. The lowest BCUT2D eigenvalue weighted by Crippen LogP contribution is -2.21. The summed E-state index contributed by atoms with van der Waals surface area (Å²) < 4.78 is 17.3. The zero-order valence-electron chi connectivity index (χ0n) is 17.1. The number of aromatic nitrogens is 4. The molecule has 10 nitrogen and oxygen atoms in total. The molecule has 1 aliphatic rings. The molecule has 3 aromatic rings. The molecule has 1 unspecified atom stereocenters. The van der Waals surface area contributed by atoms with Crippen LogP contribution in [0.1, 0.15) is 30.7 Å². The van der Waals surface area contributed by atoms with Crippen molar-refractivity contribution in [1.82, 2.24) is 19.7 Å². The quantitative estimate of drug-likeness (QED) is 0.400. The van der Waals surface area contributed by atoms with Crippen LogP contribution in [0.3, 0.4) is 0 Å². The maximum absolute atomic E-state index is 12.4. The van der Waals surface area contributed by atoms with Crippen LogP contribution in [0, 0.1) is 6.92 Å². The van der Waals surface area contributed by atoms with Crippen molar-refractivity contribution in [3.63, 3.8) is 0 Å². The highest BCUT2D eigenvalue weighted by atomic mass is 16.8. The van der Waals surface area contributed by atoms with E-state index in [1.807, 2.05) is 24.3 Å². The van der Waals surface area contributed by atoms with Gasteiger partial charge in [0.2, 0.25) is 23.9 Å². The number of hydrogen-bond donors (Lipinski definition) is 0. The van der Waals surface area contributed by atoms with E-state index in [4.69, 9.17) is 18.8 Å². The van der Waals surface area contributed by atoms with Gasteiger partial charge in [-0.3, -0.25) is 9.36 Å². The molecular formula is C21H23N5O5. The standard InChI is InChI=1S/C21H23N5O5/c1-15-24-21(25-30-15)17-7-5-16(6-8-17)13-26-14-22-18(12-19(26)27)28-11-9-23-31-20-4-2-3-10-29-20/h5-9,12,14,20H,2-4,10-11,13H2,1H3. The molecule has 162 valence electrons. The minimum atomic E-state index is -0.294. The van der Waals surface area contributed by atoms with Crippen molar-refractivity contribution in [3.8, 4) is 17.3 Å². The number of ether oxygens (including phenoxy) is 2. The highest BCUT2D eigenvalue weighted by Gasteiger charge is 2.14. The molecule has 0 amide bonds. The van der Waals surface area contributed by atoms with Gasteiger partial charge in [-0.25, -0.2) is 4.98 Å². The molecule has 1 fully saturated rings. The third-order valence-electron chi connectivity index (χ3n) is 4.64. The van der Waals surface area contributed by atoms with Crippen molar-refractivity contribution < 1.29 is 18.8 Å². The van der Waals surface area contributed by atoms with Gasteiger partial charge < -0.3 is 18.8 Å². The topological polar surface area (TPSA) is 114 Å². The Morgan fingerprint density at radius 2 is 2.16 bits per heavy atom. The lowest BCUT2D eigenvalue weighted by molar-refractivity contribution is -0.161. The van der Waals surface area contributed by atoms with E-state index in [0.717, 1.165) is 30.4 Å². The van der Waals surface area contributed by atoms with E-state index in [-0.39, 0.29) is 24.3 Å². The maximum atomic E-state index is 12.4. The molecule has 4 rings (SSSR count). The molecule has 0 aliphatic carbocycles. The SMILES string of the molecule is Cc1nc(-c2ccc(Cn3cnc(OCC=NOC4CCCCO4)cc3=O)cc2)no1. The second kappa shape index (κ2) is 9.98. The molecule has 0 bridgehead atoms.